The molecule has 0 aromatic heterocycles. The van der Waals surface area contributed by atoms with Crippen molar-refractivity contribution in [2.24, 2.45) is 0 Å². The minimum Gasteiger partial charge on any atom is -0.394 e. The molecule has 0 bridgehead atoms. The summed E-state index contributed by atoms with van der Waals surface area (Å²) in [5, 5.41) is 54.2. The van der Waals surface area contributed by atoms with Gasteiger partial charge in [-0.1, -0.05) is 197 Å². The van der Waals surface area contributed by atoms with E-state index in [0.29, 0.717) is 6.42 Å². The van der Waals surface area contributed by atoms with Crippen molar-refractivity contribution in [3.05, 3.63) is 60.8 Å². The first-order valence-corrected chi connectivity index (χ1v) is 25.5. The van der Waals surface area contributed by atoms with Crippen LogP contribution in [-0.4, -0.2) is 87.5 Å². The lowest BCUT2D eigenvalue weighted by atomic mass is 9.99. The Bertz CT molecular complexity index is 1150. The topological polar surface area (TPSA) is 149 Å². The molecule has 0 aromatic carbocycles. The zero-order valence-electron chi connectivity index (χ0n) is 39.6. The largest absolute Gasteiger partial charge is 0.394 e. The lowest BCUT2D eigenvalue weighted by Crippen LogP contribution is -2.60. The lowest BCUT2D eigenvalue weighted by molar-refractivity contribution is -0.302. The smallest absolute Gasteiger partial charge is 0.220 e. The summed E-state index contributed by atoms with van der Waals surface area (Å²) in [5.41, 5.74) is 0. The molecule has 0 spiro atoms. The van der Waals surface area contributed by atoms with Gasteiger partial charge in [0.15, 0.2) is 6.29 Å². The third kappa shape index (κ3) is 32.5. The summed E-state index contributed by atoms with van der Waals surface area (Å²) in [4.78, 5) is 13.0. The van der Waals surface area contributed by atoms with Gasteiger partial charge in [-0.3, -0.25) is 4.79 Å². The van der Waals surface area contributed by atoms with E-state index in [9.17, 15) is 30.3 Å². The third-order valence-electron chi connectivity index (χ3n) is 11.8. The average molecular weight is 874 g/mol. The van der Waals surface area contributed by atoms with Crippen LogP contribution in [0.1, 0.15) is 213 Å². The van der Waals surface area contributed by atoms with E-state index >= 15 is 0 Å². The molecule has 0 saturated carbocycles. The van der Waals surface area contributed by atoms with E-state index in [-0.39, 0.29) is 12.5 Å². The minimum absolute atomic E-state index is 0.193. The number of hydrogen-bond acceptors (Lipinski definition) is 8. The second kappa shape index (κ2) is 42.8. The molecule has 1 rings (SSSR count). The van der Waals surface area contributed by atoms with Crippen molar-refractivity contribution in [3.8, 4) is 0 Å². The molecule has 1 aliphatic rings. The number of aliphatic hydroxyl groups is 5. The first-order chi connectivity index (χ1) is 30.3. The molecular formula is C53H95NO8. The quantitative estimate of drug-likeness (QED) is 0.0262. The van der Waals surface area contributed by atoms with Crippen molar-refractivity contribution in [2.45, 2.75) is 256 Å². The molecular weight excluding hydrogens is 779 g/mol. The first-order valence-electron chi connectivity index (χ1n) is 25.5. The maximum Gasteiger partial charge on any atom is 0.220 e. The van der Waals surface area contributed by atoms with Crippen LogP contribution in [0.5, 0.6) is 0 Å². The SMILES string of the molecule is CCCC/C=C/CC/C=C/CC/C=C/C(O)C(COC1OC(CO)C(O)C(O)C1O)NC(=O)CCCCCCCCCCCCCCCCC/C=C\C/C=C\CCCCCCC. The van der Waals surface area contributed by atoms with Crippen LogP contribution in [0.4, 0.5) is 0 Å². The number of carbonyl (C=O) groups excluding carboxylic acids is 1. The standard InChI is InChI=1S/C53H95NO8/c1-3-5-7-9-11-13-15-17-18-19-20-21-22-23-24-25-26-27-28-29-30-31-33-35-37-39-41-43-49(57)54-46(45-61-53-52(60)51(59)50(58)48(44-55)62-53)47(56)42-40-38-36-34-32-16-14-12-10-8-6-4-2/h10,12,15,17,19-20,32,34,40,42,46-48,50-53,55-56,58-60H,3-9,11,13-14,16,18,21-31,33,35-39,41,43-45H2,1-2H3,(H,54,57)/b12-10+,17-15-,20-19-,34-32+,42-40+. The molecule has 1 amide bonds. The highest BCUT2D eigenvalue weighted by Gasteiger charge is 2.44. The van der Waals surface area contributed by atoms with Crippen molar-refractivity contribution in [1.29, 1.82) is 0 Å². The summed E-state index contributed by atoms with van der Waals surface area (Å²) in [5.74, 6) is -0.193. The van der Waals surface area contributed by atoms with Crippen LogP contribution < -0.4 is 5.32 Å². The molecule has 0 aliphatic carbocycles. The number of hydrogen-bond donors (Lipinski definition) is 6. The number of aliphatic hydroxyl groups excluding tert-OH is 5. The molecule has 7 atom stereocenters. The zero-order valence-corrected chi connectivity index (χ0v) is 39.6. The third-order valence-corrected chi connectivity index (χ3v) is 11.8. The summed E-state index contributed by atoms with van der Waals surface area (Å²) in [6, 6.07) is -0.828. The van der Waals surface area contributed by atoms with Crippen molar-refractivity contribution in [1.82, 2.24) is 5.32 Å². The van der Waals surface area contributed by atoms with Gasteiger partial charge in [-0.2, -0.15) is 0 Å². The second-order valence-corrected chi connectivity index (χ2v) is 17.6. The highest BCUT2D eigenvalue weighted by Crippen LogP contribution is 2.22. The minimum atomic E-state index is -1.57. The van der Waals surface area contributed by atoms with Crippen molar-refractivity contribution >= 4 is 5.91 Å². The van der Waals surface area contributed by atoms with Crippen LogP contribution in [0.3, 0.4) is 0 Å². The van der Waals surface area contributed by atoms with E-state index in [0.717, 1.165) is 57.8 Å². The van der Waals surface area contributed by atoms with Gasteiger partial charge in [-0.25, -0.2) is 0 Å². The van der Waals surface area contributed by atoms with Crippen LogP contribution in [0.25, 0.3) is 0 Å². The Hall–Kier alpha value is -2.11. The van der Waals surface area contributed by atoms with E-state index in [1.807, 2.05) is 6.08 Å². The number of amides is 1. The van der Waals surface area contributed by atoms with Gasteiger partial charge in [-0.15, -0.1) is 0 Å². The van der Waals surface area contributed by atoms with Crippen LogP contribution in [-0.2, 0) is 14.3 Å². The number of allylic oxidation sites excluding steroid dienone is 9. The first kappa shape index (κ1) is 57.9. The Kier molecular flexibility index (Phi) is 40.0. The summed E-state index contributed by atoms with van der Waals surface area (Å²) in [7, 11) is 0. The van der Waals surface area contributed by atoms with Crippen molar-refractivity contribution in [3.63, 3.8) is 0 Å². The fourth-order valence-electron chi connectivity index (χ4n) is 7.67. The van der Waals surface area contributed by atoms with Gasteiger partial charge in [0.1, 0.15) is 24.4 Å². The van der Waals surface area contributed by atoms with Crippen molar-refractivity contribution in [2.75, 3.05) is 13.2 Å². The normalized spacial score (nSPS) is 20.8. The summed E-state index contributed by atoms with van der Waals surface area (Å²) in [6.45, 7) is 3.69. The van der Waals surface area contributed by atoms with Crippen LogP contribution in [0.2, 0.25) is 0 Å². The Morgan fingerprint density at radius 3 is 1.50 bits per heavy atom. The van der Waals surface area contributed by atoms with E-state index in [2.05, 4.69) is 67.8 Å². The van der Waals surface area contributed by atoms with E-state index in [4.69, 9.17) is 9.47 Å². The molecule has 6 N–H and O–H groups in total. The lowest BCUT2D eigenvalue weighted by Gasteiger charge is -2.40. The number of nitrogens with one attached hydrogen (secondary N) is 1. The van der Waals surface area contributed by atoms with Gasteiger partial charge in [0.05, 0.1) is 25.4 Å². The van der Waals surface area contributed by atoms with Gasteiger partial charge in [0, 0.05) is 6.42 Å². The van der Waals surface area contributed by atoms with Crippen LogP contribution >= 0.6 is 0 Å². The summed E-state index contributed by atoms with van der Waals surface area (Å²) in [6.07, 6.45) is 50.0. The molecule has 9 heteroatoms. The molecule has 1 heterocycles. The Labute approximate surface area is 379 Å². The molecule has 1 aliphatic heterocycles. The maximum absolute atomic E-state index is 13.0. The second-order valence-electron chi connectivity index (χ2n) is 17.6. The van der Waals surface area contributed by atoms with Crippen LogP contribution in [0, 0.1) is 0 Å². The van der Waals surface area contributed by atoms with Gasteiger partial charge < -0.3 is 40.3 Å². The molecule has 62 heavy (non-hydrogen) atoms. The number of unbranched alkanes of at least 4 members (excludes halogenated alkanes) is 24. The predicted octanol–water partition coefficient (Wildman–Crippen LogP) is 11.6. The van der Waals surface area contributed by atoms with Gasteiger partial charge >= 0.3 is 0 Å². The molecule has 360 valence electrons. The number of ether oxygens (including phenoxy) is 2. The molecule has 9 nitrogen and oxygen atoms in total. The van der Waals surface area contributed by atoms with Crippen molar-refractivity contribution < 1.29 is 39.8 Å². The van der Waals surface area contributed by atoms with E-state index in [1.54, 1.807) is 6.08 Å². The Balaban J connectivity index is 2.22. The van der Waals surface area contributed by atoms with E-state index in [1.165, 1.54) is 135 Å². The molecule has 1 saturated heterocycles. The van der Waals surface area contributed by atoms with Gasteiger partial charge in [0.2, 0.25) is 5.91 Å². The Morgan fingerprint density at radius 2 is 0.984 bits per heavy atom. The highest BCUT2D eigenvalue weighted by atomic mass is 16.7. The molecule has 1 fully saturated rings. The maximum atomic E-state index is 13.0. The van der Waals surface area contributed by atoms with Gasteiger partial charge in [0.25, 0.3) is 0 Å². The fraction of sp³-hybridized carbons (Fsp3) is 0.792. The number of rotatable bonds is 42. The summed E-state index contributed by atoms with van der Waals surface area (Å²) < 4.78 is 11.2. The zero-order chi connectivity index (χ0) is 45.1. The highest BCUT2D eigenvalue weighted by molar-refractivity contribution is 5.76. The molecule has 0 aromatic rings. The molecule has 7 unspecified atom stereocenters. The number of carbonyl (C=O) groups is 1. The fourth-order valence-corrected chi connectivity index (χ4v) is 7.67. The monoisotopic (exact) mass is 874 g/mol. The summed E-state index contributed by atoms with van der Waals surface area (Å²) >= 11 is 0. The van der Waals surface area contributed by atoms with Gasteiger partial charge in [-0.05, 0) is 70.6 Å². The Morgan fingerprint density at radius 1 is 0.548 bits per heavy atom. The predicted molar refractivity (Wildman–Crippen MR) is 258 cm³/mol. The van der Waals surface area contributed by atoms with E-state index < -0.39 is 49.5 Å². The van der Waals surface area contributed by atoms with Crippen LogP contribution in [0.15, 0.2) is 60.8 Å². The molecule has 0 radical (unpaired) electrons. The average Bonchev–Trinajstić information content (AvgIpc) is 3.27.